The minimum atomic E-state index is -0.194. The Morgan fingerprint density at radius 1 is 0.326 bits per heavy atom. The standard InChI is InChI=1S/C90H86N4O/c1-86(2,3)63-39-42-70-58(47-63)37-43-77(90(13,14)15)82(70)61-36-40-74(81(95)51-61)85-92-83-76(57-28-24-29-60(46-57)78-49-59(44-45-91-78)71-33-25-34-73-72-32-22-23-35-79(72)93(84(71)73)67-30-20-17-21-31-67)48-62(75-55-64(87(4,5)6)38-41-69(75)56-26-18-16-19-27-56)50-80(83)94(85)68-53-65(88(7,8)9)52-66(54-68)89(10,11)12/h16-55,95H,1-15H3. The number of aromatic hydroxyl groups is 1. The van der Waals surface area contributed by atoms with Crippen LogP contribution in [-0.4, -0.2) is 24.2 Å². The fraction of sp³-hybridized carbons (Fsp3) is 0.222. The van der Waals surface area contributed by atoms with Gasteiger partial charge in [0.15, 0.2) is 0 Å². The fourth-order valence-corrected chi connectivity index (χ4v) is 14.0. The van der Waals surface area contributed by atoms with E-state index < -0.39 is 0 Å². The molecule has 0 unspecified atom stereocenters. The monoisotopic (exact) mass is 1240 g/mol. The lowest BCUT2D eigenvalue weighted by Gasteiger charge is -2.27. The lowest BCUT2D eigenvalue weighted by Crippen LogP contribution is -2.17. The van der Waals surface area contributed by atoms with Gasteiger partial charge in [0.2, 0.25) is 0 Å². The second-order valence-corrected chi connectivity index (χ2v) is 31.4. The van der Waals surface area contributed by atoms with Crippen molar-refractivity contribution in [2.75, 3.05) is 0 Å². The summed E-state index contributed by atoms with van der Waals surface area (Å²) in [5, 5.41) is 17.9. The maximum absolute atomic E-state index is 13.1. The number of fused-ring (bicyclic) bond motifs is 5. The van der Waals surface area contributed by atoms with E-state index in [4.69, 9.17) is 9.97 Å². The normalized spacial score (nSPS) is 12.6. The second kappa shape index (κ2) is 23.1. The molecule has 5 nitrogen and oxygen atoms in total. The number of rotatable bonds is 9. The first-order valence-electron chi connectivity index (χ1n) is 33.7. The molecule has 0 amide bonds. The number of para-hydroxylation sites is 3. The van der Waals surface area contributed by atoms with Crippen LogP contribution in [0.15, 0.2) is 243 Å². The molecular weight excluding hydrogens is 1150 g/mol. The average Bonchev–Trinajstić information content (AvgIpc) is 1.64. The van der Waals surface area contributed by atoms with Crippen molar-refractivity contribution in [3.8, 4) is 95.4 Å². The van der Waals surface area contributed by atoms with Crippen molar-refractivity contribution in [2.45, 2.75) is 131 Å². The first kappa shape index (κ1) is 62.4. The fourth-order valence-electron chi connectivity index (χ4n) is 14.0. The van der Waals surface area contributed by atoms with Gasteiger partial charge in [-0.3, -0.25) is 9.55 Å². The predicted octanol–water partition coefficient (Wildman–Crippen LogP) is 24.5. The van der Waals surface area contributed by atoms with E-state index in [-0.39, 0.29) is 32.8 Å². The molecule has 3 heterocycles. The highest BCUT2D eigenvalue weighted by Crippen LogP contribution is 2.48. The second-order valence-electron chi connectivity index (χ2n) is 31.4. The third-order valence-electron chi connectivity index (χ3n) is 19.4. The van der Waals surface area contributed by atoms with Crippen LogP contribution >= 0.6 is 0 Å². The summed E-state index contributed by atoms with van der Waals surface area (Å²) in [4.78, 5) is 11.1. The number of pyridine rings is 1. The Bertz CT molecular complexity index is 5280. The zero-order valence-electron chi connectivity index (χ0n) is 57.8. The molecule has 14 rings (SSSR count). The molecule has 0 atom stereocenters. The number of imidazole rings is 1. The number of nitrogens with zero attached hydrogens (tertiary/aromatic N) is 4. The summed E-state index contributed by atoms with van der Waals surface area (Å²) in [6.45, 7) is 34.3. The number of phenols is 1. The topological polar surface area (TPSA) is 55.9 Å². The van der Waals surface area contributed by atoms with Crippen molar-refractivity contribution in [2.24, 2.45) is 0 Å². The molecule has 11 aromatic carbocycles. The molecule has 0 spiro atoms. The molecule has 0 aliphatic heterocycles. The SMILES string of the molecule is CC(C)(C)c1cc(-n2c(-c3ccc(-c4c(C(C)(C)C)ccc5cc(C(C)(C)C)ccc45)cc3O)nc3c(-c4cccc(-c5cc(-c6cccc7c8ccccc8n(-c8ccccc8)c67)ccn5)c4)cc(-c4cc(C(C)(C)C)ccc4-c4ccccc4)cc32)cc(C(C)(C)C)c1. The van der Waals surface area contributed by atoms with Gasteiger partial charge < -0.3 is 9.67 Å². The van der Waals surface area contributed by atoms with Crippen molar-refractivity contribution in [3.63, 3.8) is 0 Å². The molecule has 5 heteroatoms. The van der Waals surface area contributed by atoms with Gasteiger partial charge >= 0.3 is 0 Å². The van der Waals surface area contributed by atoms with Crippen LogP contribution in [0, 0.1) is 0 Å². The van der Waals surface area contributed by atoms with E-state index in [0.29, 0.717) is 11.4 Å². The minimum Gasteiger partial charge on any atom is -0.507 e. The lowest BCUT2D eigenvalue weighted by atomic mass is 9.78. The van der Waals surface area contributed by atoms with E-state index in [2.05, 4.69) is 344 Å². The molecule has 14 aromatic rings. The van der Waals surface area contributed by atoms with Crippen LogP contribution in [0.4, 0.5) is 0 Å². The highest BCUT2D eigenvalue weighted by atomic mass is 16.3. The minimum absolute atomic E-state index is 0.0143. The van der Waals surface area contributed by atoms with Gasteiger partial charge in [0.1, 0.15) is 11.6 Å². The van der Waals surface area contributed by atoms with Gasteiger partial charge in [-0.1, -0.05) is 262 Å². The third-order valence-corrected chi connectivity index (χ3v) is 19.4. The van der Waals surface area contributed by atoms with Crippen LogP contribution in [0.3, 0.4) is 0 Å². The summed E-state index contributed by atoms with van der Waals surface area (Å²) < 4.78 is 4.74. The van der Waals surface area contributed by atoms with E-state index in [0.717, 1.165) is 106 Å². The molecule has 0 fully saturated rings. The Kier molecular flexibility index (Phi) is 15.2. The number of phenolic OH excluding ortho intramolecular Hbond substituents is 1. The van der Waals surface area contributed by atoms with E-state index in [9.17, 15) is 5.11 Å². The number of aromatic nitrogens is 4. The van der Waals surface area contributed by atoms with E-state index >= 15 is 0 Å². The zero-order valence-corrected chi connectivity index (χ0v) is 57.8. The van der Waals surface area contributed by atoms with Crippen molar-refractivity contribution in [1.82, 2.24) is 19.1 Å². The van der Waals surface area contributed by atoms with E-state index in [1.165, 1.54) is 44.0 Å². The van der Waals surface area contributed by atoms with Gasteiger partial charge in [-0.05, 0) is 189 Å². The van der Waals surface area contributed by atoms with E-state index in [1.807, 2.05) is 12.3 Å². The van der Waals surface area contributed by atoms with Crippen molar-refractivity contribution < 1.29 is 5.11 Å². The molecule has 0 radical (unpaired) electrons. The summed E-state index contributed by atoms with van der Waals surface area (Å²) in [5.74, 6) is 0.806. The molecule has 95 heavy (non-hydrogen) atoms. The molecule has 0 saturated heterocycles. The Balaban J connectivity index is 1.04. The molecule has 0 aliphatic rings. The summed E-state index contributed by atoms with van der Waals surface area (Å²) in [6.07, 6.45) is 1.95. The maximum Gasteiger partial charge on any atom is 0.149 e. The van der Waals surface area contributed by atoms with Crippen molar-refractivity contribution >= 4 is 43.6 Å². The Labute approximate surface area is 561 Å². The van der Waals surface area contributed by atoms with Crippen LogP contribution in [0.5, 0.6) is 5.75 Å². The molecule has 0 saturated carbocycles. The summed E-state index contributed by atoms with van der Waals surface area (Å²) in [7, 11) is 0. The largest absolute Gasteiger partial charge is 0.507 e. The highest BCUT2D eigenvalue weighted by Gasteiger charge is 2.29. The van der Waals surface area contributed by atoms with Crippen molar-refractivity contribution in [1.29, 1.82) is 0 Å². The molecule has 1 N–H and O–H groups in total. The van der Waals surface area contributed by atoms with E-state index in [1.54, 1.807) is 0 Å². The molecule has 3 aromatic heterocycles. The van der Waals surface area contributed by atoms with Gasteiger partial charge in [0.25, 0.3) is 0 Å². The molecule has 0 aliphatic carbocycles. The summed E-state index contributed by atoms with van der Waals surface area (Å²) >= 11 is 0. The first-order valence-corrected chi connectivity index (χ1v) is 33.7. The lowest BCUT2D eigenvalue weighted by molar-refractivity contribution is 0.477. The maximum atomic E-state index is 13.1. The van der Waals surface area contributed by atoms with Crippen LogP contribution in [-0.2, 0) is 27.1 Å². The first-order chi connectivity index (χ1) is 45.2. The number of benzene rings is 11. The summed E-state index contributed by atoms with van der Waals surface area (Å²) in [6, 6.07) is 86.7. The average molecular weight is 1240 g/mol. The summed E-state index contributed by atoms with van der Waals surface area (Å²) in [5.41, 5.74) is 24.8. The quantitative estimate of drug-likeness (QED) is 0.157. The highest BCUT2D eigenvalue weighted by molar-refractivity contribution is 6.14. The van der Waals surface area contributed by atoms with Gasteiger partial charge in [-0.15, -0.1) is 0 Å². The van der Waals surface area contributed by atoms with Gasteiger partial charge in [-0.25, -0.2) is 4.98 Å². The van der Waals surface area contributed by atoms with Gasteiger partial charge in [0.05, 0.1) is 33.3 Å². The Morgan fingerprint density at radius 2 is 0.937 bits per heavy atom. The van der Waals surface area contributed by atoms with Gasteiger partial charge in [-0.2, -0.15) is 0 Å². The van der Waals surface area contributed by atoms with Crippen LogP contribution in [0.1, 0.15) is 132 Å². The Hall–Kier alpha value is -10.1. The molecular formula is C90H86N4O. The van der Waals surface area contributed by atoms with Crippen LogP contribution < -0.4 is 0 Å². The molecule has 0 bridgehead atoms. The smallest absolute Gasteiger partial charge is 0.149 e. The zero-order chi connectivity index (χ0) is 66.7. The number of hydrogen-bond acceptors (Lipinski definition) is 3. The predicted molar refractivity (Wildman–Crippen MR) is 404 cm³/mol. The number of hydrogen-bond donors (Lipinski definition) is 1. The van der Waals surface area contributed by atoms with Gasteiger partial charge in [0, 0.05) is 45.0 Å². The molecule has 472 valence electrons. The third kappa shape index (κ3) is 11.5. The van der Waals surface area contributed by atoms with Crippen LogP contribution in [0.25, 0.3) is 133 Å². The Morgan fingerprint density at radius 3 is 1.63 bits per heavy atom. The van der Waals surface area contributed by atoms with Crippen molar-refractivity contribution in [3.05, 3.63) is 271 Å². The van der Waals surface area contributed by atoms with Crippen LogP contribution in [0.2, 0.25) is 0 Å².